The minimum absolute atomic E-state index is 0.0454. The average Bonchev–Trinajstić information content (AvgIpc) is 2.83. The number of anilines is 3. The Kier molecular flexibility index (Phi) is 6.54. The minimum Gasteiger partial charge on any atom is -0.493 e. The van der Waals surface area contributed by atoms with Crippen molar-refractivity contribution in [1.82, 2.24) is 4.98 Å². The van der Waals surface area contributed by atoms with Gasteiger partial charge in [0.1, 0.15) is 0 Å². The molecule has 0 radical (unpaired) electrons. The monoisotopic (exact) mass is 497 g/mol. The third kappa shape index (κ3) is 5.00. The topological polar surface area (TPSA) is 48.8 Å². The number of hydrogen-bond donors (Lipinski definition) is 1. The first-order chi connectivity index (χ1) is 16.5. The van der Waals surface area contributed by atoms with Gasteiger partial charge in [0.25, 0.3) is 0 Å². The van der Waals surface area contributed by atoms with Crippen LogP contribution in [0.3, 0.4) is 0 Å². The van der Waals surface area contributed by atoms with Crippen LogP contribution in [-0.4, -0.2) is 42.6 Å². The summed E-state index contributed by atoms with van der Waals surface area (Å²) in [7, 11) is 1.44. The van der Waals surface area contributed by atoms with E-state index in [1.807, 2.05) is 0 Å². The Labute approximate surface area is 197 Å². The molecule has 1 aromatic heterocycles. The fraction of sp³-hybridized carbons (Fsp3) is 0.292. The first kappa shape index (κ1) is 24.6. The number of aliphatic hydroxyl groups excluding tert-OH is 1. The highest BCUT2D eigenvalue weighted by molar-refractivity contribution is 5.81. The number of fused-ring (bicyclic) bond motifs is 1. The van der Waals surface area contributed by atoms with E-state index >= 15 is 0 Å². The van der Waals surface area contributed by atoms with E-state index in [-0.39, 0.29) is 12.1 Å². The Morgan fingerprint density at radius 2 is 1.71 bits per heavy atom. The number of para-hydroxylation sites is 2. The molecule has 3 aromatic rings. The molecule has 1 N–H and O–H groups in total. The highest BCUT2D eigenvalue weighted by Gasteiger charge is 2.43. The van der Waals surface area contributed by atoms with Crippen LogP contribution in [0.1, 0.15) is 17.2 Å². The van der Waals surface area contributed by atoms with Crippen molar-refractivity contribution >= 4 is 17.2 Å². The third-order valence-corrected chi connectivity index (χ3v) is 5.79. The van der Waals surface area contributed by atoms with Gasteiger partial charge in [-0.1, -0.05) is 24.3 Å². The maximum Gasteiger partial charge on any atom is 0.416 e. The summed E-state index contributed by atoms with van der Waals surface area (Å²) in [6, 6.07) is 13.3. The molecule has 0 unspecified atom stereocenters. The molecule has 0 aliphatic carbocycles. The van der Waals surface area contributed by atoms with Crippen molar-refractivity contribution in [2.75, 3.05) is 30.0 Å². The molecule has 1 aliphatic rings. The summed E-state index contributed by atoms with van der Waals surface area (Å²) >= 11 is 0. The predicted octanol–water partition coefficient (Wildman–Crippen LogP) is 5.73. The Hall–Kier alpha value is -3.47. The summed E-state index contributed by atoms with van der Waals surface area (Å²) in [5.74, 6) is 0.740. The van der Waals surface area contributed by atoms with Gasteiger partial charge in [0.2, 0.25) is 0 Å². The first-order valence-electron chi connectivity index (χ1n) is 10.5. The zero-order chi connectivity index (χ0) is 25.4. The molecule has 1 aliphatic heterocycles. The molecule has 2 heterocycles. The molecule has 2 aromatic carbocycles. The van der Waals surface area contributed by atoms with Crippen LogP contribution >= 0.6 is 0 Å². The van der Waals surface area contributed by atoms with Crippen LogP contribution in [0.15, 0.2) is 66.9 Å². The Balaban J connectivity index is 1.88. The molecule has 4 rings (SSSR count). The minimum atomic E-state index is -4.91. The number of aromatic nitrogens is 1. The molecule has 11 heteroatoms. The number of benzene rings is 2. The number of aliphatic hydroxyl groups is 1. The van der Waals surface area contributed by atoms with Crippen molar-refractivity contribution in [3.63, 3.8) is 0 Å². The van der Waals surface area contributed by atoms with Gasteiger partial charge in [0, 0.05) is 12.7 Å². The molecule has 0 bridgehead atoms. The van der Waals surface area contributed by atoms with E-state index in [0.717, 1.165) is 12.1 Å². The lowest BCUT2D eigenvalue weighted by molar-refractivity contribution is -0.200. The van der Waals surface area contributed by atoms with Crippen LogP contribution in [0.25, 0.3) is 0 Å². The highest BCUT2D eigenvalue weighted by Crippen LogP contribution is 2.46. The molecular weight excluding hydrogens is 476 g/mol. The fourth-order valence-electron chi connectivity index (χ4n) is 4.14. The lowest BCUT2D eigenvalue weighted by Gasteiger charge is -2.45. The summed E-state index contributed by atoms with van der Waals surface area (Å²) in [4.78, 5) is 7.33. The summed E-state index contributed by atoms with van der Waals surface area (Å²) < 4.78 is 85.6. The summed E-state index contributed by atoms with van der Waals surface area (Å²) in [6.45, 7) is -0.912. The summed E-state index contributed by atoms with van der Waals surface area (Å²) in [5.41, 5.74) is -0.00462. The Morgan fingerprint density at radius 3 is 2.37 bits per heavy atom. The first-order valence-corrected chi connectivity index (χ1v) is 10.5. The van der Waals surface area contributed by atoms with Gasteiger partial charge in [0.05, 0.1) is 36.6 Å². The standard InChI is InChI=1S/C24H21F6N3O2/c1-35-20-10-5-11-31-22(20)33-13-19(15-6-4-7-16(12-15)23(25,26)27)32(14-21(34)24(28,29)30)17-8-2-3-9-18(17)33/h2-12,19,21,34H,13-14H2,1H3/t19-,21+/m0/s1. The SMILES string of the molecule is COc1cccnc1N1C[C@@H](c2cccc(C(F)(F)F)c2)N(C[C@@H](O)C(F)(F)F)c2ccccc21. The van der Waals surface area contributed by atoms with Gasteiger partial charge in [-0.05, 0) is 42.0 Å². The van der Waals surface area contributed by atoms with Crippen molar-refractivity contribution in [2.45, 2.75) is 24.5 Å². The van der Waals surface area contributed by atoms with Gasteiger partial charge in [-0.15, -0.1) is 0 Å². The quantitative estimate of drug-likeness (QED) is 0.457. The van der Waals surface area contributed by atoms with Gasteiger partial charge in [0.15, 0.2) is 17.7 Å². The van der Waals surface area contributed by atoms with Gasteiger partial charge >= 0.3 is 12.4 Å². The van der Waals surface area contributed by atoms with Crippen LogP contribution < -0.4 is 14.5 Å². The second-order valence-electron chi connectivity index (χ2n) is 7.98. The van der Waals surface area contributed by atoms with Gasteiger partial charge < -0.3 is 19.6 Å². The van der Waals surface area contributed by atoms with Crippen molar-refractivity contribution < 1.29 is 36.2 Å². The van der Waals surface area contributed by atoms with E-state index in [4.69, 9.17) is 4.74 Å². The molecule has 35 heavy (non-hydrogen) atoms. The molecule has 5 nitrogen and oxygen atoms in total. The van der Waals surface area contributed by atoms with Crippen LogP contribution in [0.2, 0.25) is 0 Å². The van der Waals surface area contributed by atoms with E-state index in [9.17, 15) is 31.4 Å². The molecule has 186 valence electrons. The van der Waals surface area contributed by atoms with E-state index in [2.05, 4.69) is 4.98 Å². The number of alkyl halides is 6. The normalized spacial score (nSPS) is 17.2. The van der Waals surface area contributed by atoms with E-state index < -0.39 is 36.6 Å². The Bertz CT molecular complexity index is 1180. The Morgan fingerprint density at radius 1 is 1.00 bits per heavy atom. The summed E-state index contributed by atoms with van der Waals surface area (Å²) in [6.07, 6.45) is -10.7. The van der Waals surface area contributed by atoms with Crippen LogP contribution in [0, 0.1) is 0 Å². The van der Waals surface area contributed by atoms with Crippen LogP contribution in [0.5, 0.6) is 5.75 Å². The number of hydrogen-bond acceptors (Lipinski definition) is 5. The van der Waals surface area contributed by atoms with Crippen molar-refractivity contribution in [1.29, 1.82) is 0 Å². The molecule has 0 saturated carbocycles. The second-order valence-corrected chi connectivity index (χ2v) is 7.98. The zero-order valence-electron chi connectivity index (χ0n) is 18.4. The number of pyridine rings is 1. The number of β-amino-alcohol motifs (C(OH)–C–C–N with tert-alkyl or cyclic N) is 1. The molecule has 0 fully saturated rings. The highest BCUT2D eigenvalue weighted by atomic mass is 19.4. The second kappa shape index (κ2) is 9.29. The van der Waals surface area contributed by atoms with E-state index in [1.165, 1.54) is 30.3 Å². The van der Waals surface area contributed by atoms with Gasteiger partial charge in [-0.2, -0.15) is 26.3 Å². The number of rotatable bonds is 5. The van der Waals surface area contributed by atoms with Crippen molar-refractivity contribution in [2.24, 2.45) is 0 Å². The predicted molar refractivity (Wildman–Crippen MR) is 118 cm³/mol. The zero-order valence-corrected chi connectivity index (χ0v) is 18.4. The largest absolute Gasteiger partial charge is 0.493 e. The molecule has 0 spiro atoms. The molecule has 2 atom stereocenters. The molecular formula is C24H21F6N3O2. The fourth-order valence-corrected chi connectivity index (χ4v) is 4.14. The van der Waals surface area contributed by atoms with Crippen molar-refractivity contribution in [3.05, 3.63) is 78.0 Å². The lowest BCUT2D eigenvalue weighted by atomic mass is 9.97. The maximum atomic E-state index is 13.4. The van der Waals surface area contributed by atoms with Crippen LogP contribution in [0.4, 0.5) is 43.5 Å². The lowest BCUT2D eigenvalue weighted by Crippen LogP contribution is -2.48. The molecule has 0 saturated heterocycles. The number of halogens is 6. The smallest absolute Gasteiger partial charge is 0.416 e. The van der Waals surface area contributed by atoms with Crippen LogP contribution in [-0.2, 0) is 6.18 Å². The number of ether oxygens (including phenoxy) is 1. The maximum absolute atomic E-state index is 13.4. The number of nitrogens with zero attached hydrogens (tertiary/aromatic N) is 3. The van der Waals surface area contributed by atoms with Gasteiger partial charge in [-0.3, -0.25) is 0 Å². The van der Waals surface area contributed by atoms with E-state index in [1.54, 1.807) is 41.3 Å². The summed E-state index contributed by atoms with van der Waals surface area (Å²) in [5, 5.41) is 9.88. The van der Waals surface area contributed by atoms with Gasteiger partial charge in [-0.25, -0.2) is 4.98 Å². The van der Waals surface area contributed by atoms with Crippen molar-refractivity contribution in [3.8, 4) is 5.75 Å². The molecule has 0 amide bonds. The number of methoxy groups -OCH3 is 1. The van der Waals surface area contributed by atoms with E-state index in [0.29, 0.717) is 22.9 Å². The third-order valence-electron chi connectivity index (χ3n) is 5.79. The average molecular weight is 497 g/mol.